The van der Waals surface area contributed by atoms with Crippen LogP contribution in [0.3, 0.4) is 0 Å². The Morgan fingerprint density at radius 2 is 2.31 bits per heavy atom. The molecule has 0 aliphatic carbocycles. The lowest BCUT2D eigenvalue weighted by atomic mass is 10.1. The molecule has 13 heavy (non-hydrogen) atoms. The SMILES string of the molecule is CCC(S)CN1CC(C)(C)OC1=O. The number of nitrogens with zero attached hydrogens (tertiary/aromatic N) is 1. The molecule has 4 heteroatoms. The first-order chi connectivity index (χ1) is 5.94. The molecule has 1 unspecified atom stereocenters. The summed E-state index contributed by atoms with van der Waals surface area (Å²) in [6, 6.07) is 0. The first-order valence-corrected chi connectivity index (χ1v) is 5.12. The van der Waals surface area contributed by atoms with Crippen LogP contribution in [0, 0.1) is 0 Å². The van der Waals surface area contributed by atoms with Gasteiger partial charge in [0.25, 0.3) is 0 Å². The molecule has 76 valence electrons. The number of amides is 1. The van der Waals surface area contributed by atoms with E-state index in [9.17, 15) is 4.79 Å². The van der Waals surface area contributed by atoms with E-state index in [0.717, 1.165) is 6.42 Å². The molecular weight excluding hydrogens is 186 g/mol. The molecule has 0 aromatic rings. The highest BCUT2D eigenvalue weighted by atomic mass is 32.1. The molecular formula is C9H17NO2S. The molecule has 1 amide bonds. The molecule has 0 radical (unpaired) electrons. The van der Waals surface area contributed by atoms with Gasteiger partial charge in [0.1, 0.15) is 5.60 Å². The number of carbonyl (C=O) groups is 1. The van der Waals surface area contributed by atoms with Crippen molar-refractivity contribution in [3.8, 4) is 0 Å². The van der Waals surface area contributed by atoms with Crippen molar-refractivity contribution < 1.29 is 9.53 Å². The van der Waals surface area contributed by atoms with Crippen LogP contribution in [0.5, 0.6) is 0 Å². The molecule has 1 heterocycles. The van der Waals surface area contributed by atoms with E-state index in [0.29, 0.717) is 13.1 Å². The Bertz CT molecular complexity index is 206. The number of thiol groups is 1. The van der Waals surface area contributed by atoms with E-state index >= 15 is 0 Å². The second kappa shape index (κ2) is 3.78. The number of rotatable bonds is 3. The van der Waals surface area contributed by atoms with E-state index in [2.05, 4.69) is 19.6 Å². The highest BCUT2D eigenvalue weighted by Crippen LogP contribution is 2.22. The van der Waals surface area contributed by atoms with E-state index in [-0.39, 0.29) is 16.9 Å². The summed E-state index contributed by atoms with van der Waals surface area (Å²) >= 11 is 4.35. The summed E-state index contributed by atoms with van der Waals surface area (Å²) in [4.78, 5) is 13.0. The van der Waals surface area contributed by atoms with Crippen molar-refractivity contribution >= 4 is 18.7 Å². The average Bonchev–Trinajstić information content (AvgIpc) is 2.24. The maximum atomic E-state index is 11.3. The predicted molar refractivity (Wildman–Crippen MR) is 55.2 cm³/mol. The van der Waals surface area contributed by atoms with Gasteiger partial charge < -0.3 is 9.64 Å². The molecule has 1 atom stereocenters. The molecule has 3 nitrogen and oxygen atoms in total. The van der Waals surface area contributed by atoms with E-state index in [1.54, 1.807) is 4.90 Å². The molecule has 1 aliphatic heterocycles. The Morgan fingerprint density at radius 1 is 1.69 bits per heavy atom. The van der Waals surface area contributed by atoms with Crippen LogP contribution in [-0.2, 0) is 4.74 Å². The Morgan fingerprint density at radius 3 is 2.69 bits per heavy atom. The second-order valence-corrected chi connectivity index (χ2v) is 4.80. The van der Waals surface area contributed by atoms with Crippen molar-refractivity contribution in [2.45, 2.75) is 38.0 Å². The Labute approximate surface area is 84.8 Å². The van der Waals surface area contributed by atoms with Crippen LogP contribution in [0.1, 0.15) is 27.2 Å². The van der Waals surface area contributed by atoms with Gasteiger partial charge in [0.15, 0.2) is 0 Å². The van der Waals surface area contributed by atoms with Gasteiger partial charge in [-0.3, -0.25) is 0 Å². The summed E-state index contributed by atoms with van der Waals surface area (Å²) in [5.41, 5.74) is -0.335. The number of hydrogen-bond acceptors (Lipinski definition) is 3. The maximum Gasteiger partial charge on any atom is 0.410 e. The smallest absolute Gasteiger partial charge is 0.410 e. The lowest BCUT2D eigenvalue weighted by Crippen LogP contribution is -2.33. The van der Waals surface area contributed by atoms with Crippen molar-refractivity contribution in [1.82, 2.24) is 4.90 Å². The normalized spacial score (nSPS) is 23.1. The average molecular weight is 203 g/mol. The van der Waals surface area contributed by atoms with Gasteiger partial charge in [0.05, 0.1) is 6.54 Å². The van der Waals surface area contributed by atoms with Crippen molar-refractivity contribution in [3.05, 3.63) is 0 Å². The van der Waals surface area contributed by atoms with Crippen LogP contribution in [0.25, 0.3) is 0 Å². The molecule has 0 aromatic carbocycles. The van der Waals surface area contributed by atoms with Crippen LogP contribution < -0.4 is 0 Å². The summed E-state index contributed by atoms with van der Waals surface area (Å²) in [5, 5.41) is 0.251. The van der Waals surface area contributed by atoms with E-state index in [1.807, 2.05) is 13.8 Å². The standard InChI is InChI=1S/C9H17NO2S/c1-4-7(13)5-10-6-9(2,3)12-8(10)11/h7,13H,4-6H2,1-3H3. The molecule has 0 aromatic heterocycles. The fraction of sp³-hybridized carbons (Fsp3) is 0.889. The van der Waals surface area contributed by atoms with E-state index < -0.39 is 0 Å². The van der Waals surface area contributed by atoms with Gasteiger partial charge in [-0.25, -0.2) is 4.79 Å². The van der Waals surface area contributed by atoms with Gasteiger partial charge in [-0.15, -0.1) is 0 Å². The van der Waals surface area contributed by atoms with Crippen molar-refractivity contribution in [1.29, 1.82) is 0 Å². The third-order valence-electron chi connectivity index (χ3n) is 2.10. The lowest BCUT2D eigenvalue weighted by Gasteiger charge is -2.18. The third-order valence-corrected chi connectivity index (χ3v) is 2.62. The number of carbonyl (C=O) groups excluding carboxylic acids is 1. The van der Waals surface area contributed by atoms with Crippen LogP contribution >= 0.6 is 12.6 Å². The molecule has 0 N–H and O–H groups in total. The summed E-state index contributed by atoms with van der Waals surface area (Å²) in [6.45, 7) is 7.25. The fourth-order valence-corrected chi connectivity index (χ4v) is 1.58. The zero-order valence-electron chi connectivity index (χ0n) is 8.41. The predicted octanol–water partition coefficient (Wildman–Crippen LogP) is 1.93. The zero-order chi connectivity index (χ0) is 10.1. The zero-order valence-corrected chi connectivity index (χ0v) is 9.30. The molecule has 1 fully saturated rings. The minimum Gasteiger partial charge on any atom is -0.441 e. The number of hydrogen-bond donors (Lipinski definition) is 1. The Kier molecular flexibility index (Phi) is 3.11. The van der Waals surface area contributed by atoms with Crippen molar-refractivity contribution in [2.75, 3.05) is 13.1 Å². The van der Waals surface area contributed by atoms with Gasteiger partial charge in [-0.2, -0.15) is 12.6 Å². The van der Waals surface area contributed by atoms with Crippen LogP contribution in [-0.4, -0.2) is 34.9 Å². The van der Waals surface area contributed by atoms with Crippen molar-refractivity contribution in [2.24, 2.45) is 0 Å². The summed E-state index contributed by atoms with van der Waals surface area (Å²) in [6.07, 6.45) is 0.755. The van der Waals surface area contributed by atoms with Gasteiger partial charge in [0, 0.05) is 11.8 Å². The Hall–Kier alpha value is -0.380. The molecule has 1 saturated heterocycles. The summed E-state index contributed by atoms with van der Waals surface area (Å²) < 4.78 is 5.16. The second-order valence-electron chi connectivity index (χ2n) is 4.07. The molecule has 1 aliphatic rings. The summed E-state index contributed by atoms with van der Waals surface area (Å²) in [5.74, 6) is 0. The molecule has 0 spiro atoms. The molecule has 0 saturated carbocycles. The van der Waals surface area contributed by atoms with E-state index in [4.69, 9.17) is 4.74 Å². The maximum absolute atomic E-state index is 11.3. The number of cyclic esters (lactones) is 1. The summed E-state index contributed by atoms with van der Waals surface area (Å²) in [7, 11) is 0. The topological polar surface area (TPSA) is 29.5 Å². The molecule has 0 bridgehead atoms. The minimum atomic E-state index is -0.335. The fourth-order valence-electron chi connectivity index (χ4n) is 1.38. The largest absolute Gasteiger partial charge is 0.441 e. The number of ether oxygens (including phenoxy) is 1. The van der Waals surface area contributed by atoms with Crippen LogP contribution in [0.2, 0.25) is 0 Å². The van der Waals surface area contributed by atoms with Crippen LogP contribution in [0.15, 0.2) is 0 Å². The highest BCUT2D eigenvalue weighted by Gasteiger charge is 2.37. The third kappa shape index (κ3) is 2.79. The van der Waals surface area contributed by atoms with Crippen LogP contribution in [0.4, 0.5) is 4.79 Å². The monoisotopic (exact) mass is 203 g/mol. The quantitative estimate of drug-likeness (QED) is 0.710. The molecule has 1 rings (SSSR count). The minimum absolute atomic E-state index is 0.211. The van der Waals surface area contributed by atoms with E-state index in [1.165, 1.54) is 0 Å². The van der Waals surface area contributed by atoms with Gasteiger partial charge in [-0.1, -0.05) is 6.92 Å². The van der Waals surface area contributed by atoms with Crippen molar-refractivity contribution in [3.63, 3.8) is 0 Å². The lowest BCUT2D eigenvalue weighted by molar-refractivity contribution is 0.0859. The first-order valence-electron chi connectivity index (χ1n) is 4.60. The highest BCUT2D eigenvalue weighted by molar-refractivity contribution is 7.81. The van der Waals surface area contributed by atoms with Gasteiger partial charge in [0.2, 0.25) is 0 Å². The van der Waals surface area contributed by atoms with Gasteiger partial charge in [-0.05, 0) is 20.3 Å². The Balaban J connectivity index is 2.49. The first kappa shape index (κ1) is 10.7. The van der Waals surface area contributed by atoms with Gasteiger partial charge >= 0.3 is 6.09 Å².